The maximum atomic E-state index is 11.9. The molecule has 0 aliphatic rings. The third-order valence-electron chi connectivity index (χ3n) is 2.40. The first-order chi connectivity index (χ1) is 8.70. The van der Waals surface area contributed by atoms with Crippen LogP contribution in [-0.2, 0) is 0 Å². The van der Waals surface area contributed by atoms with E-state index in [-0.39, 0.29) is 5.78 Å². The molecule has 4 nitrogen and oxygen atoms in total. The Morgan fingerprint density at radius 2 is 2.22 bits per heavy atom. The summed E-state index contributed by atoms with van der Waals surface area (Å²) in [5.74, 6) is 0.409. The number of allylic oxidation sites excluding steroid dienone is 1. The Hall–Kier alpha value is -2.01. The van der Waals surface area contributed by atoms with Gasteiger partial charge < -0.3 is 4.74 Å². The number of thiazole rings is 1. The summed E-state index contributed by atoms with van der Waals surface area (Å²) in [5, 5.41) is 0. The van der Waals surface area contributed by atoms with E-state index in [2.05, 4.69) is 9.97 Å². The highest BCUT2D eigenvalue weighted by Crippen LogP contribution is 2.15. The molecule has 0 amide bonds. The fourth-order valence-electron chi connectivity index (χ4n) is 1.37. The summed E-state index contributed by atoms with van der Waals surface area (Å²) >= 11 is 1.51. The van der Waals surface area contributed by atoms with Crippen molar-refractivity contribution in [3.05, 3.63) is 46.1 Å². The summed E-state index contributed by atoms with van der Waals surface area (Å²) < 4.78 is 4.94. The largest absolute Gasteiger partial charge is 0.481 e. The van der Waals surface area contributed by atoms with Crippen molar-refractivity contribution in [2.75, 3.05) is 7.11 Å². The molecule has 2 rings (SSSR count). The topological polar surface area (TPSA) is 52.1 Å². The quantitative estimate of drug-likeness (QED) is 0.626. The molecule has 0 N–H and O–H groups in total. The van der Waals surface area contributed by atoms with Crippen LogP contribution >= 0.6 is 11.3 Å². The van der Waals surface area contributed by atoms with E-state index in [9.17, 15) is 4.79 Å². The lowest BCUT2D eigenvalue weighted by molar-refractivity contribution is 0.104. The molecular formula is C13H12N2O2S. The zero-order valence-electron chi connectivity index (χ0n) is 10.1. The molecule has 0 unspecified atom stereocenters. The van der Waals surface area contributed by atoms with Crippen LogP contribution in [0.2, 0.25) is 0 Å². The molecule has 0 aromatic carbocycles. The average Bonchev–Trinajstić information content (AvgIpc) is 2.81. The van der Waals surface area contributed by atoms with Crippen molar-refractivity contribution in [2.24, 2.45) is 0 Å². The number of carbonyl (C=O) groups is 1. The van der Waals surface area contributed by atoms with Crippen LogP contribution in [-0.4, -0.2) is 22.9 Å². The summed E-state index contributed by atoms with van der Waals surface area (Å²) in [7, 11) is 1.54. The summed E-state index contributed by atoms with van der Waals surface area (Å²) in [6.45, 7) is 1.91. The predicted octanol–water partition coefficient (Wildman–Crippen LogP) is 2.75. The molecule has 0 fully saturated rings. The summed E-state index contributed by atoms with van der Waals surface area (Å²) in [6, 6.07) is 3.36. The number of nitrogens with zero attached hydrogens (tertiary/aromatic N) is 2. The lowest BCUT2D eigenvalue weighted by Gasteiger charge is -1.98. The second-order valence-electron chi connectivity index (χ2n) is 3.59. The van der Waals surface area contributed by atoms with Crippen LogP contribution in [0.1, 0.15) is 20.9 Å². The molecule has 0 saturated carbocycles. The standard InChI is InChI=1S/C13H12N2O2S/c1-9-12(18-8-15-9)5-4-11(16)10-3-6-13(17-2)14-7-10/h3-8H,1-2H3/b5-4+. The fourth-order valence-corrected chi connectivity index (χ4v) is 2.06. The first kappa shape index (κ1) is 12.4. The Kier molecular flexibility index (Phi) is 3.84. The number of rotatable bonds is 4. The molecule has 92 valence electrons. The lowest BCUT2D eigenvalue weighted by atomic mass is 10.2. The zero-order valence-corrected chi connectivity index (χ0v) is 10.9. The molecule has 0 spiro atoms. The molecule has 2 heterocycles. The van der Waals surface area contributed by atoms with Crippen LogP contribution in [0.5, 0.6) is 5.88 Å². The van der Waals surface area contributed by atoms with E-state index in [1.54, 1.807) is 23.7 Å². The molecule has 18 heavy (non-hydrogen) atoms. The zero-order chi connectivity index (χ0) is 13.0. The van der Waals surface area contributed by atoms with E-state index in [1.165, 1.54) is 30.7 Å². The minimum absolute atomic E-state index is 0.0852. The molecule has 5 heteroatoms. The van der Waals surface area contributed by atoms with Crippen LogP contribution < -0.4 is 4.74 Å². The number of ketones is 1. The third-order valence-corrected chi connectivity index (χ3v) is 3.29. The van der Waals surface area contributed by atoms with Crippen molar-refractivity contribution in [1.29, 1.82) is 0 Å². The van der Waals surface area contributed by atoms with E-state index < -0.39 is 0 Å². The number of hydrogen-bond acceptors (Lipinski definition) is 5. The highest BCUT2D eigenvalue weighted by atomic mass is 32.1. The Balaban J connectivity index is 2.12. The molecule has 0 atom stereocenters. The molecular weight excluding hydrogens is 248 g/mol. The Morgan fingerprint density at radius 1 is 1.39 bits per heavy atom. The summed E-state index contributed by atoms with van der Waals surface area (Å²) in [6.07, 6.45) is 4.81. The van der Waals surface area contributed by atoms with Crippen molar-refractivity contribution in [3.63, 3.8) is 0 Å². The predicted molar refractivity (Wildman–Crippen MR) is 71.0 cm³/mol. The number of aryl methyl sites for hydroxylation is 1. The Labute approximate surface area is 109 Å². The monoisotopic (exact) mass is 260 g/mol. The number of hydrogen-bond donors (Lipinski definition) is 0. The van der Waals surface area contributed by atoms with Gasteiger partial charge >= 0.3 is 0 Å². The second-order valence-corrected chi connectivity index (χ2v) is 4.48. The van der Waals surface area contributed by atoms with Crippen molar-refractivity contribution in [2.45, 2.75) is 6.92 Å². The lowest BCUT2D eigenvalue weighted by Crippen LogP contribution is -1.96. The van der Waals surface area contributed by atoms with Crippen molar-refractivity contribution < 1.29 is 9.53 Å². The van der Waals surface area contributed by atoms with Crippen molar-refractivity contribution in [1.82, 2.24) is 9.97 Å². The molecule has 0 radical (unpaired) electrons. The van der Waals surface area contributed by atoms with Gasteiger partial charge in [-0.15, -0.1) is 11.3 Å². The first-order valence-electron chi connectivity index (χ1n) is 5.33. The maximum absolute atomic E-state index is 11.9. The normalized spacial score (nSPS) is 10.8. The highest BCUT2D eigenvalue weighted by molar-refractivity contribution is 7.10. The van der Waals surface area contributed by atoms with Gasteiger partial charge in [0.25, 0.3) is 0 Å². The minimum atomic E-state index is -0.0852. The van der Waals surface area contributed by atoms with Gasteiger partial charge in [-0.1, -0.05) is 0 Å². The van der Waals surface area contributed by atoms with Gasteiger partial charge in [-0.05, 0) is 25.1 Å². The third kappa shape index (κ3) is 2.81. The van der Waals surface area contributed by atoms with Gasteiger partial charge in [0.05, 0.1) is 18.3 Å². The van der Waals surface area contributed by atoms with Gasteiger partial charge in [-0.25, -0.2) is 9.97 Å². The number of methoxy groups -OCH3 is 1. The SMILES string of the molecule is COc1ccc(C(=O)/C=C/c2scnc2C)cn1. The number of aromatic nitrogens is 2. The molecule has 0 bridgehead atoms. The van der Waals surface area contributed by atoms with E-state index in [0.717, 1.165) is 10.6 Å². The molecule has 0 aliphatic carbocycles. The van der Waals surface area contributed by atoms with Crippen LogP contribution in [0.4, 0.5) is 0 Å². The smallest absolute Gasteiger partial charge is 0.212 e. The van der Waals surface area contributed by atoms with E-state index in [0.29, 0.717) is 11.4 Å². The summed E-state index contributed by atoms with van der Waals surface area (Å²) in [4.78, 5) is 21.0. The fraction of sp³-hybridized carbons (Fsp3) is 0.154. The van der Waals surface area contributed by atoms with E-state index >= 15 is 0 Å². The maximum Gasteiger partial charge on any atom is 0.212 e. The van der Waals surface area contributed by atoms with Gasteiger partial charge in [0.2, 0.25) is 5.88 Å². The number of pyridine rings is 1. The Bertz CT molecular complexity index is 573. The van der Waals surface area contributed by atoms with Gasteiger partial charge in [0, 0.05) is 22.7 Å². The molecule has 0 saturated heterocycles. The van der Waals surface area contributed by atoms with Crippen molar-refractivity contribution >= 4 is 23.2 Å². The van der Waals surface area contributed by atoms with E-state index in [1.807, 2.05) is 6.92 Å². The summed E-state index contributed by atoms with van der Waals surface area (Å²) in [5.41, 5.74) is 3.22. The highest BCUT2D eigenvalue weighted by Gasteiger charge is 2.03. The van der Waals surface area contributed by atoms with Crippen LogP contribution in [0.25, 0.3) is 6.08 Å². The van der Waals surface area contributed by atoms with Crippen LogP contribution in [0.3, 0.4) is 0 Å². The Morgan fingerprint density at radius 3 is 2.78 bits per heavy atom. The second kappa shape index (κ2) is 5.55. The minimum Gasteiger partial charge on any atom is -0.481 e. The van der Waals surface area contributed by atoms with Crippen LogP contribution in [0.15, 0.2) is 29.9 Å². The van der Waals surface area contributed by atoms with Gasteiger partial charge in [0.1, 0.15) is 0 Å². The van der Waals surface area contributed by atoms with Crippen LogP contribution in [0, 0.1) is 6.92 Å². The van der Waals surface area contributed by atoms with E-state index in [4.69, 9.17) is 4.74 Å². The molecule has 2 aromatic heterocycles. The molecule has 0 aliphatic heterocycles. The van der Waals surface area contributed by atoms with Gasteiger partial charge in [0.15, 0.2) is 5.78 Å². The number of ether oxygens (including phenoxy) is 1. The number of carbonyl (C=O) groups excluding carboxylic acids is 1. The van der Waals surface area contributed by atoms with Gasteiger partial charge in [-0.3, -0.25) is 4.79 Å². The van der Waals surface area contributed by atoms with Crippen molar-refractivity contribution in [3.8, 4) is 5.88 Å². The average molecular weight is 260 g/mol. The van der Waals surface area contributed by atoms with Gasteiger partial charge in [-0.2, -0.15) is 0 Å². The molecule has 2 aromatic rings. The first-order valence-corrected chi connectivity index (χ1v) is 6.21.